The Hall–Kier alpha value is -1.06. The number of ether oxygens (including phenoxy) is 1. The van der Waals surface area contributed by atoms with Crippen LogP contribution in [0.1, 0.15) is 43.9 Å². The van der Waals surface area contributed by atoms with Gasteiger partial charge in [-0.25, -0.2) is 0 Å². The lowest BCUT2D eigenvalue weighted by Crippen LogP contribution is -2.21. The smallest absolute Gasteiger partial charge is 0.123 e. The average molecular weight is 251 g/mol. The van der Waals surface area contributed by atoms with Crippen LogP contribution in [0.25, 0.3) is 0 Å². The number of aliphatic hydroxyl groups is 1. The molecule has 2 atom stereocenters. The molecule has 3 heteroatoms. The largest absolute Gasteiger partial charge is 0.496 e. The summed E-state index contributed by atoms with van der Waals surface area (Å²) < 4.78 is 5.41. The lowest BCUT2D eigenvalue weighted by Gasteiger charge is -2.18. The van der Waals surface area contributed by atoms with Crippen molar-refractivity contribution < 1.29 is 9.84 Å². The topological polar surface area (TPSA) is 41.5 Å². The van der Waals surface area contributed by atoms with Gasteiger partial charge in [-0.05, 0) is 51.8 Å². The lowest BCUT2D eigenvalue weighted by atomic mass is 10.0. The predicted molar refractivity (Wildman–Crippen MR) is 75.1 cm³/mol. The molecule has 2 unspecified atom stereocenters. The number of nitrogens with one attached hydrogen (secondary N) is 1. The normalized spacial score (nSPS) is 14.3. The van der Waals surface area contributed by atoms with Crippen LogP contribution in [0, 0.1) is 6.92 Å². The first-order chi connectivity index (χ1) is 8.54. The minimum atomic E-state index is -0.212. The molecule has 0 saturated carbocycles. The average Bonchev–Trinajstić information content (AvgIpc) is 2.33. The zero-order chi connectivity index (χ0) is 13.5. The molecule has 2 N–H and O–H groups in total. The summed E-state index contributed by atoms with van der Waals surface area (Å²) in [5, 5.41) is 12.7. The summed E-state index contributed by atoms with van der Waals surface area (Å²) in [6.45, 7) is 6.93. The van der Waals surface area contributed by atoms with Crippen LogP contribution < -0.4 is 10.1 Å². The summed E-state index contributed by atoms with van der Waals surface area (Å²) >= 11 is 0. The van der Waals surface area contributed by atoms with E-state index >= 15 is 0 Å². The summed E-state index contributed by atoms with van der Waals surface area (Å²) in [5.74, 6) is 0.936. The molecule has 0 spiro atoms. The fraction of sp³-hybridized carbons (Fsp3) is 0.600. The standard InChI is InChI=1S/C15H25NO2/c1-11-7-8-14(15(10-11)18-4)13(3)16-9-5-6-12(2)17/h7-8,10,12-13,16-17H,5-6,9H2,1-4H3. The zero-order valence-corrected chi connectivity index (χ0v) is 11.9. The van der Waals surface area contributed by atoms with Crippen LogP contribution >= 0.6 is 0 Å². The molecule has 18 heavy (non-hydrogen) atoms. The van der Waals surface area contributed by atoms with E-state index in [1.807, 2.05) is 6.92 Å². The molecule has 1 rings (SSSR count). The van der Waals surface area contributed by atoms with Gasteiger partial charge in [0.15, 0.2) is 0 Å². The third-order valence-corrected chi connectivity index (χ3v) is 3.10. The van der Waals surface area contributed by atoms with Gasteiger partial charge in [-0.1, -0.05) is 12.1 Å². The quantitative estimate of drug-likeness (QED) is 0.732. The monoisotopic (exact) mass is 251 g/mol. The molecule has 0 bridgehead atoms. The molecule has 0 aliphatic carbocycles. The second-order valence-corrected chi connectivity index (χ2v) is 4.91. The molecule has 102 valence electrons. The van der Waals surface area contributed by atoms with E-state index in [0.717, 1.165) is 25.1 Å². The maximum Gasteiger partial charge on any atom is 0.123 e. The van der Waals surface area contributed by atoms with Gasteiger partial charge in [0.2, 0.25) is 0 Å². The number of benzene rings is 1. The van der Waals surface area contributed by atoms with E-state index in [-0.39, 0.29) is 12.1 Å². The van der Waals surface area contributed by atoms with Crippen molar-refractivity contribution in [3.05, 3.63) is 29.3 Å². The highest BCUT2D eigenvalue weighted by Crippen LogP contribution is 2.25. The summed E-state index contributed by atoms with van der Waals surface area (Å²) in [6, 6.07) is 6.53. The van der Waals surface area contributed by atoms with E-state index in [1.54, 1.807) is 7.11 Å². The van der Waals surface area contributed by atoms with Gasteiger partial charge in [0.25, 0.3) is 0 Å². The van der Waals surface area contributed by atoms with Gasteiger partial charge < -0.3 is 15.2 Å². The van der Waals surface area contributed by atoms with Crippen LogP contribution in [0.3, 0.4) is 0 Å². The number of aliphatic hydroxyl groups excluding tert-OH is 1. The van der Waals surface area contributed by atoms with Crippen LogP contribution in [0.2, 0.25) is 0 Å². The minimum absolute atomic E-state index is 0.212. The molecule has 0 heterocycles. The Morgan fingerprint density at radius 3 is 2.67 bits per heavy atom. The lowest BCUT2D eigenvalue weighted by molar-refractivity contribution is 0.181. The Morgan fingerprint density at radius 1 is 1.33 bits per heavy atom. The Bertz CT molecular complexity index is 364. The molecule has 0 radical (unpaired) electrons. The molecule has 0 saturated heterocycles. The van der Waals surface area contributed by atoms with E-state index in [4.69, 9.17) is 4.74 Å². The van der Waals surface area contributed by atoms with Crippen molar-refractivity contribution in [2.45, 2.75) is 45.8 Å². The van der Waals surface area contributed by atoms with Crippen LogP contribution in [-0.2, 0) is 0 Å². The Morgan fingerprint density at radius 2 is 2.06 bits per heavy atom. The molecule has 1 aromatic carbocycles. The summed E-state index contributed by atoms with van der Waals surface area (Å²) in [5.41, 5.74) is 2.39. The third kappa shape index (κ3) is 4.67. The third-order valence-electron chi connectivity index (χ3n) is 3.10. The number of hydrogen-bond acceptors (Lipinski definition) is 3. The fourth-order valence-corrected chi connectivity index (χ4v) is 2.00. The first-order valence-corrected chi connectivity index (χ1v) is 6.60. The fourth-order valence-electron chi connectivity index (χ4n) is 2.00. The predicted octanol–water partition coefficient (Wildman–Crippen LogP) is 2.82. The van der Waals surface area contributed by atoms with E-state index in [2.05, 4.69) is 37.4 Å². The molecular weight excluding hydrogens is 226 g/mol. The molecule has 0 aliphatic heterocycles. The number of methoxy groups -OCH3 is 1. The SMILES string of the molecule is COc1cc(C)ccc1C(C)NCCCC(C)O. The van der Waals surface area contributed by atoms with Gasteiger partial charge in [0.05, 0.1) is 13.2 Å². The first kappa shape index (κ1) is 15.0. The summed E-state index contributed by atoms with van der Waals surface area (Å²) in [7, 11) is 1.71. The van der Waals surface area contributed by atoms with Crippen LogP contribution in [0.5, 0.6) is 5.75 Å². The summed E-state index contributed by atoms with van der Waals surface area (Å²) in [4.78, 5) is 0. The zero-order valence-electron chi connectivity index (χ0n) is 11.9. The Kier molecular flexibility index (Phi) is 6.16. The van der Waals surface area contributed by atoms with Crippen molar-refractivity contribution in [1.82, 2.24) is 5.32 Å². The van der Waals surface area contributed by atoms with E-state index in [0.29, 0.717) is 0 Å². The van der Waals surface area contributed by atoms with Crippen molar-refractivity contribution >= 4 is 0 Å². The highest BCUT2D eigenvalue weighted by atomic mass is 16.5. The number of hydrogen-bond donors (Lipinski definition) is 2. The molecule has 3 nitrogen and oxygen atoms in total. The second-order valence-electron chi connectivity index (χ2n) is 4.91. The molecule has 0 aliphatic rings. The van der Waals surface area contributed by atoms with Crippen molar-refractivity contribution in [3.63, 3.8) is 0 Å². The highest BCUT2D eigenvalue weighted by molar-refractivity contribution is 5.38. The van der Waals surface area contributed by atoms with Gasteiger partial charge in [0.1, 0.15) is 5.75 Å². The number of aryl methyl sites for hydroxylation is 1. The molecule has 0 amide bonds. The molecule has 0 aromatic heterocycles. The second kappa shape index (κ2) is 7.39. The first-order valence-electron chi connectivity index (χ1n) is 6.60. The van der Waals surface area contributed by atoms with Crippen LogP contribution in [0.15, 0.2) is 18.2 Å². The maximum atomic E-state index is 9.20. The van der Waals surface area contributed by atoms with Gasteiger partial charge in [-0.2, -0.15) is 0 Å². The van der Waals surface area contributed by atoms with Crippen molar-refractivity contribution in [2.75, 3.05) is 13.7 Å². The van der Waals surface area contributed by atoms with E-state index < -0.39 is 0 Å². The van der Waals surface area contributed by atoms with Crippen molar-refractivity contribution in [2.24, 2.45) is 0 Å². The van der Waals surface area contributed by atoms with Gasteiger partial charge in [-0.15, -0.1) is 0 Å². The van der Waals surface area contributed by atoms with Crippen LogP contribution in [0.4, 0.5) is 0 Å². The Labute approximate surface area is 110 Å². The summed E-state index contributed by atoms with van der Waals surface area (Å²) in [6.07, 6.45) is 1.61. The van der Waals surface area contributed by atoms with Gasteiger partial charge >= 0.3 is 0 Å². The van der Waals surface area contributed by atoms with E-state index in [9.17, 15) is 5.11 Å². The van der Waals surface area contributed by atoms with Gasteiger partial charge in [0, 0.05) is 11.6 Å². The molecular formula is C15H25NO2. The van der Waals surface area contributed by atoms with E-state index in [1.165, 1.54) is 11.1 Å². The van der Waals surface area contributed by atoms with Crippen molar-refractivity contribution in [1.29, 1.82) is 0 Å². The molecule has 1 aromatic rings. The highest BCUT2D eigenvalue weighted by Gasteiger charge is 2.10. The number of rotatable bonds is 7. The van der Waals surface area contributed by atoms with Gasteiger partial charge in [-0.3, -0.25) is 0 Å². The minimum Gasteiger partial charge on any atom is -0.496 e. The maximum absolute atomic E-state index is 9.20. The molecule has 0 fully saturated rings. The van der Waals surface area contributed by atoms with Crippen molar-refractivity contribution in [3.8, 4) is 5.75 Å². The Balaban J connectivity index is 2.53. The van der Waals surface area contributed by atoms with Crippen LogP contribution in [-0.4, -0.2) is 24.9 Å².